The lowest BCUT2D eigenvalue weighted by Gasteiger charge is -2.02. The molecule has 0 aliphatic rings. The van der Waals surface area contributed by atoms with E-state index >= 15 is 0 Å². The summed E-state index contributed by atoms with van der Waals surface area (Å²) in [6.45, 7) is 0. The van der Waals surface area contributed by atoms with E-state index in [0.717, 1.165) is 0 Å². The summed E-state index contributed by atoms with van der Waals surface area (Å²) < 4.78 is 9.25. The molecule has 0 saturated carbocycles. The first-order valence-corrected chi connectivity index (χ1v) is 4.27. The number of methoxy groups -OCH3 is 2. The van der Waals surface area contributed by atoms with E-state index in [1.165, 1.54) is 32.5 Å². The zero-order valence-corrected chi connectivity index (χ0v) is 8.52. The van der Waals surface area contributed by atoms with Crippen molar-refractivity contribution in [3.05, 3.63) is 23.9 Å². The molecule has 0 saturated heterocycles. The molecule has 0 amide bonds. The molecular formula is C10H11NO4. The van der Waals surface area contributed by atoms with Crippen LogP contribution in [0.2, 0.25) is 0 Å². The summed E-state index contributed by atoms with van der Waals surface area (Å²) in [6.07, 6.45) is 1.17. The Morgan fingerprint density at radius 3 is 2.73 bits per heavy atom. The number of ether oxygens (including phenoxy) is 2. The van der Waals surface area contributed by atoms with Gasteiger partial charge in [-0.15, -0.1) is 0 Å². The number of hydrogen-bond acceptors (Lipinski definition) is 5. The lowest BCUT2D eigenvalue weighted by atomic mass is 10.1. The second kappa shape index (κ2) is 5.09. The van der Waals surface area contributed by atoms with Crippen molar-refractivity contribution in [2.75, 3.05) is 14.2 Å². The maximum Gasteiger partial charge on any atom is 0.313 e. The minimum atomic E-state index is -0.559. The SMILES string of the molecule is COC(=O)CC(=O)c1ccnc(OC)c1. The van der Waals surface area contributed by atoms with Crippen molar-refractivity contribution in [3.63, 3.8) is 0 Å². The Morgan fingerprint density at radius 2 is 2.13 bits per heavy atom. The molecule has 0 spiro atoms. The van der Waals surface area contributed by atoms with Crippen LogP contribution in [0.4, 0.5) is 0 Å². The van der Waals surface area contributed by atoms with Crippen LogP contribution in [0, 0.1) is 0 Å². The molecule has 1 rings (SSSR count). The van der Waals surface area contributed by atoms with Gasteiger partial charge in [-0.25, -0.2) is 4.98 Å². The highest BCUT2D eigenvalue weighted by Gasteiger charge is 2.12. The lowest BCUT2D eigenvalue weighted by Crippen LogP contribution is -2.09. The van der Waals surface area contributed by atoms with Gasteiger partial charge >= 0.3 is 5.97 Å². The zero-order chi connectivity index (χ0) is 11.3. The Bertz CT molecular complexity index is 375. The van der Waals surface area contributed by atoms with Gasteiger partial charge in [0.15, 0.2) is 5.78 Å². The van der Waals surface area contributed by atoms with Crippen LogP contribution in [0.5, 0.6) is 5.88 Å². The van der Waals surface area contributed by atoms with Gasteiger partial charge in [-0.05, 0) is 6.07 Å². The molecule has 0 atom stereocenters. The first kappa shape index (κ1) is 11.2. The molecule has 1 aromatic heterocycles. The molecule has 5 nitrogen and oxygen atoms in total. The maximum absolute atomic E-state index is 11.5. The van der Waals surface area contributed by atoms with E-state index in [0.29, 0.717) is 11.4 Å². The van der Waals surface area contributed by atoms with Gasteiger partial charge in [0, 0.05) is 17.8 Å². The maximum atomic E-state index is 11.5. The Kier molecular flexibility index (Phi) is 3.79. The van der Waals surface area contributed by atoms with E-state index < -0.39 is 5.97 Å². The molecule has 0 aromatic carbocycles. The van der Waals surface area contributed by atoms with Gasteiger partial charge in [0.25, 0.3) is 0 Å². The Labute approximate surface area is 87.0 Å². The zero-order valence-electron chi connectivity index (χ0n) is 8.52. The number of carbonyl (C=O) groups is 2. The molecule has 0 aliphatic carbocycles. The van der Waals surface area contributed by atoms with Crippen molar-refractivity contribution < 1.29 is 19.1 Å². The highest BCUT2D eigenvalue weighted by molar-refractivity contribution is 6.05. The number of nitrogens with zero attached hydrogens (tertiary/aromatic N) is 1. The fourth-order valence-electron chi connectivity index (χ4n) is 1.000. The molecule has 1 heterocycles. The smallest absolute Gasteiger partial charge is 0.313 e. The number of rotatable bonds is 4. The molecule has 80 valence electrons. The minimum Gasteiger partial charge on any atom is -0.481 e. The van der Waals surface area contributed by atoms with Crippen LogP contribution in [0.1, 0.15) is 16.8 Å². The number of ketones is 1. The van der Waals surface area contributed by atoms with Crippen molar-refractivity contribution >= 4 is 11.8 Å². The van der Waals surface area contributed by atoms with Gasteiger partial charge in [0.1, 0.15) is 6.42 Å². The number of aromatic nitrogens is 1. The molecule has 1 aromatic rings. The molecule has 5 heteroatoms. The fraction of sp³-hybridized carbons (Fsp3) is 0.300. The predicted molar refractivity (Wildman–Crippen MR) is 51.8 cm³/mol. The highest BCUT2D eigenvalue weighted by atomic mass is 16.5. The van der Waals surface area contributed by atoms with Crippen LogP contribution in [-0.4, -0.2) is 31.0 Å². The molecule has 0 aliphatic heterocycles. The third kappa shape index (κ3) is 3.05. The van der Waals surface area contributed by atoms with E-state index in [1.807, 2.05) is 0 Å². The van der Waals surface area contributed by atoms with E-state index in [2.05, 4.69) is 9.72 Å². The third-order valence-electron chi connectivity index (χ3n) is 1.80. The monoisotopic (exact) mass is 209 g/mol. The average Bonchev–Trinajstić information content (AvgIpc) is 2.28. The number of carbonyl (C=O) groups excluding carboxylic acids is 2. The van der Waals surface area contributed by atoms with Crippen molar-refractivity contribution in [2.45, 2.75) is 6.42 Å². The van der Waals surface area contributed by atoms with Gasteiger partial charge in [0.05, 0.1) is 14.2 Å². The normalized spacial score (nSPS) is 9.47. The summed E-state index contributed by atoms with van der Waals surface area (Å²) in [5.74, 6) is -0.538. The van der Waals surface area contributed by atoms with Crippen molar-refractivity contribution in [1.82, 2.24) is 4.98 Å². The highest BCUT2D eigenvalue weighted by Crippen LogP contribution is 2.10. The molecule has 0 bridgehead atoms. The molecule has 15 heavy (non-hydrogen) atoms. The second-order valence-electron chi connectivity index (χ2n) is 2.76. The summed E-state index contributed by atoms with van der Waals surface area (Å²) in [7, 11) is 2.69. The quantitative estimate of drug-likeness (QED) is 0.417. The van der Waals surface area contributed by atoms with Crippen LogP contribution < -0.4 is 4.74 Å². The van der Waals surface area contributed by atoms with Crippen molar-refractivity contribution in [3.8, 4) is 5.88 Å². The van der Waals surface area contributed by atoms with Gasteiger partial charge in [-0.1, -0.05) is 0 Å². The van der Waals surface area contributed by atoms with Gasteiger partial charge in [-0.3, -0.25) is 9.59 Å². The van der Waals surface area contributed by atoms with Crippen LogP contribution in [0.25, 0.3) is 0 Å². The van der Waals surface area contributed by atoms with Crippen molar-refractivity contribution in [2.24, 2.45) is 0 Å². The first-order chi connectivity index (χ1) is 7.17. The summed E-state index contributed by atoms with van der Waals surface area (Å²) in [6, 6.07) is 3.00. The summed E-state index contributed by atoms with van der Waals surface area (Å²) in [4.78, 5) is 26.2. The van der Waals surface area contributed by atoms with E-state index in [4.69, 9.17) is 4.74 Å². The molecular weight excluding hydrogens is 198 g/mol. The Balaban J connectivity index is 2.77. The predicted octanol–water partition coefficient (Wildman–Crippen LogP) is 0.836. The third-order valence-corrected chi connectivity index (χ3v) is 1.80. The number of pyridine rings is 1. The van der Waals surface area contributed by atoms with Crippen molar-refractivity contribution in [1.29, 1.82) is 0 Å². The molecule has 0 N–H and O–H groups in total. The Morgan fingerprint density at radius 1 is 1.40 bits per heavy atom. The van der Waals surface area contributed by atoms with E-state index in [1.54, 1.807) is 0 Å². The first-order valence-electron chi connectivity index (χ1n) is 4.27. The van der Waals surface area contributed by atoms with Gasteiger partial charge in [-0.2, -0.15) is 0 Å². The number of esters is 1. The number of hydrogen-bond donors (Lipinski definition) is 0. The summed E-state index contributed by atoms with van der Waals surface area (Å²) in [5, 5.41) is 0. The van der Waals surface area contributed by atoms with E-state index in [-0.39, 0.29) is 12.2 Å². The van der Waals surface area contributed by atoms with Crippen LogP contribution >= 0.6 is 0 Å². The van der Waals surface area contributed by atoms with Gasteiger partial charge < -0.3 is 9.47 Å². The molecule has 0 fully saturated rings. The Hall–Kier alpha value is -1.91. The van der Waals surface area contributed by atoms with Crippen LogP contribution in [0.3, 0.4) is 0 Å². The largest absolute Gasteiger partial charge is 0.481 e. The molecule has 0 unspecified atom stereocenters. The minimum absolute atomic E-state index is 0.274. The van der Waals surface area contributed by atoms with Crippen LogP contribution in [-0.2, 0) is 9.53 Å². The second-order valence-corrected chi connectivity index (χ2v) is 2.76. The summed E-state index contributed by atoms with van der Waals surface area (Å²) in [5.41, 5.74) is 0.382. The lowest BCUT2D eigenvalue weighted by molar-refractivity contribution is -0.139. The molecule has 0 radical (unpaired) electrons. The van der Waals surface area contributed by atoms with Gasteiger partial charge in [0.2, 0.25) is 5.88 Å². The average molecular weight is 209 g/mol. The standard InChI is InChI=1S/C10H11NO4/c1-14-9-5-7(3-4-11-9)8(12)6-10(13)15-2/h3-5H,6H2,1-2H3. The fourth-order valence-corrected chi connectivity index (χ4v) is 1.000. The van der Waals surface area contributed by atoms with Crippen LogP contribution in [0.15, 0.2) is 18.3 Å². The summed E-state index contributed by atoms with van der Waals surface area (Å²) >= 11 is 0. The number of Topliss-reactive ketones (excluding diaryl/α,β-unsaturated/α-hetero) is 1. The van der Waals surface area contributed by atoms with E-state index in [9.17, 15) is 9.59 Å². The topological polar surface area (TPSA) is 65.5 Å².